The number of hydrogen-bond acceptors (Lipinski definition) is 4. The van der Waals surface area contributed by atoms with Gasteiger partial charge in [0.1, 0.15) is 11.7 Å². The highest BCUT2D eigenvalue weighted by Gasteiger charge is 2.60. The molecule has 1 aliphatic rings. The maximum absolute atomic E-state index is 13.3. The van der Waals surface area contributed by atoms with Gasteiger partial charge in [-0.1, -0.05) is 6.92 Å². The second kappa shape index (κ2) is 8.40. The third-order valence-corrected chi connectivity index (χ3v) is 6.36. The molecule has 12 heteroatoms. The number of halogens is 8. The summed E-state index contributed by atoms with van der Waals surface area (Å²) in [6.07, 6.45) is -17.9. The smallest absolute Gasteiger partial charge is 0.417 e. The zero-order valence-corrected chi connectivity index (χ0v) is 16.9. The van der Waals surface area contributed by atoms with Gasteiger partial charge in [0.25, 0.3) is 6.43 Å². The third kappa shape index (κ3) is 5.00. The number of rotatable bonds is 6. The summed E-state index contributed by atoms with van der Waals surface area (Å²) in [4.78, 5) is 12.2. The highest BCUT2D eigenvalue weighted by atomic mass is 19.4. The number of carbonyl (C=O) groups is 1. The minimum Gasteiger partial charge on any atom is -0.462 e. The molecule has 0 aromatic carbocycles. The van der Waals surface area contributed by atoms with Crippen molar-refractivity contribution in [2.75, 3.05) is 0 Å². The molecule has 0 amide bonds. The number of hydrogen-bond donors (Lipinski definition) is 2. The SMILES string of the molecule is CCC(C)(C(=O)OC1CC(C(C)(O)C(F)F)CC(C(C)(O)C(F)(F)F)C1)C(F)(F)F. The van der Waals surface area contributed by atoms with Crippen LogP contribution < -0.4 is 0 Å². The average Bonchev–Trinajstić information content (AvgIpc) is 2.58. The fraction of sp³-hybridized carbons (Fsp3) is 0.944. The molecule has 0 aromatic rings. The fourth-order valence-corrected chi connectivity index (χ4v) is 3.45. The summed E-state index contributed by atoms with van der Waals surface area (Å²) in [6.45, 7) is 2.71. The van der Waals surface area contributed by atoms with Gasteiger partial charge in [-0.25, -0.2) is 8.78 Å². The van der Waals surface area contributed by atoms with Crippen LogP contribution in [0.25, 0.3) is 0 Å². The quantitative estimate of drug-likeness (QED) is 0.450. The van der Waals surface area contributed by atoms with E-state index in [0.29, 0.717) is 20.8 Å². The predicted octanol–water partition coefficient (Wildman–Crippen LogP) is 4.62. The van der Waals surface area contributed by atoms with E-state index in [1.807, 2.05) is 0 Å². The maximum Gasteiger partial charge on any atom is 0.417 e. The van der Waals surface area contributed by atoms with Crippen molar-refractivity contribution in [1.82, 2.24) is 0 Å². The topological polar surface area (TPSA) is 66.8 Å². The van der Waals surface area contributed by atoms with Gasteiger partial charge in [-0.05, 0) is 52.4 Å². The number of aliphatic hydroxyl groups is 2. The number of alkyl halides is 8. The van der Waals surface area contributed by atoms with Gasteiger partial charge < -0.3 is 14.9 Å². The molecule has 6 atom stereocenters. The van der Waals surface area contributed by atoms with Crippen molar-refractivity contribution in [1.29, 1.82) is 0 Å². The first kappa shape index (κ1) is 26.9. The Morgan fingerprint density at radius 1 is 0.933 bits per heavy atom. The van der Waals surface area contributed by atoms with E-state index >= 15 is 0 Å². The lowest BCUT2D eigenvalue weighted by Gasteiger charge is -2.46. The van der Waals surface area contributed by atoms with Crippen LogP contribution in [0.2, 0.25) is 0 Å². The Morgan fingerprint density at radius 2 is 1.40 bits per heavy atom. The summed E-state index contributed by atoms with van der Waals surface area (Å²) < 4.78 is 111. The largest absolute Gasteiger partial charge is 0.462 e. The van der Waals surface area contributed by atoms with Crippen molar-refractivity contribution in [3.63, 3.8) is 0 Å². The first-order chi connectivity index (χ1) is 13.2. The van der Waals surface area contributed by atoms with E-state index in [1.54, 1.807) is 0 Å². The molecule has 1 saturated carbocycles. The molecule has 0 bridgehead atoms. The highest BCUT2D eigenvalue weighted by Crippen LogP contribution is 2.49. The molecule has 0 aromatic heterocycles. The van der Waals surface area contributed by atoms with Crippen molar-refractivity contribution in [2.45, 2.75) is 89.5 Å². The Kier molecular flexibility index (Phi) is 7.52. The van der Waals surface area contributed by atoms with E-state index in [0.717, 1.165) is 6.92 Å². The van der Waals surface area contributed by atoms with Crippen molar-refractivity contribution < 1.29 is 54.9 Å². The Morgan fingerprint density at radius 3 is 1.77 bits per heavy atom. The lowest BCUT2D eigenvalue weighted by Crippen LogP contribution is -2.56. The molecular weight excluding hydrogens is 432 g/mol. The van der Waals surface area contributed by atoms with Crippen LogP contribution in [0.15, 0.2) is 0 Å². The van der Waals surface area contributed by atoms with Gasteiger partial charge in [-0.15, -0.1) is 0 Å². The summed E-state index contributed by atoms with van der Waals surface area (Å²) in [7, 11) is 0. The van der Waals surface area contributed by atoms with E-state index in [-0.39, 0.29) is 0 Å². The number of carbonyl (C=O) groups excluding carboxylic acids is 1. The second-order valence-corrected chi connectivity index (χ2v) is 8.48. The Hall–Kier alpha value is -1.17. The number of ether oxygens (including phenoxy) is 1. The van der Waals surface area contributed by atoms with Gasteiger partial charge in [0.2, 0.25) is 0 Å². The van der Waals surface area contributed by atoms with Crippen LogP contribution in [0.1, 0.15) is 53.4 Å². The van der Waals surface area contributed by atoms with Gasteiger partial charge in [-0.3, -0.25) is 4.79 Å². The third-order valence-electron chi connectivity index (χ3n) is 6.36. The van der Waals surface area contributed by atoms with E-state index in [9.17, 15) is 50.1 Å². The molecule has 0 spiro atoms. The van der Waals surface area contributed by atoms with Crippen LogP contribution in [-0.4, -0.2) is 52.3 Å². The van der Waals surface area contributed by atoms with Gasteiger partial charge in [0.15, 0.2) is 11.0 Å². The molecule has 1 fully saturated rings. The van der Waals surface area contributed by atoms with Crippen LogP contribution >= 0.6 is 0 Å². The summed E-state index contributed by atoms with van der Waals surface area (Å²) in [5, 5.41) is 20.0. The van der Waals surface area contributed by atoms with Crippen LogP contribution in [0.3, 0.4) is 0 Å². The van der Waals surface area contributed by atoms with Crippen molar-refractivity contribution in [3.8, 4) is 0 Å². The molecule has 0 heterocycles. The zero-order valence-electron chi connectivity index (χ0n) is 16.9. The van der Waals surface area contributed by atoms with E-state index in [1.165, 1.54) is 0 Å². The standard InChI is InChI=1S/C18H26F8O4/c1-5-14(2,17(21,22)23)13(27)30-11-7-9(15(3,28)12(19)20)6-10(8-11)16(4,29)18(24,25)26/h9-12,28-29H,5-8H2,1-4H3. The average molecular weight is 458 g/mol. The van der Waals surface area contributed by atoms with Gasteiger partial charge in [-0.2, -0.15) is 26.3 Å². The Bertz CT molecular complexity index is 614. The molecule has 30 heavy (non-hydrogen) atoms. The van der Waals surface area contributed by atoms with Gasteiger partial charge in [0, 0.05) is 5.92 Å². The van der Waals surface area contributed by atoms with Gasteiger partial charge >= 0.3 is 18.3 Å². The van der Waals surface area contributed by atoms with Crippen LogP contribution in [0.4, 0.5) is 35.1 Å². The first-order valence-corrected chi connectivity index (χ1v) is 9.29. The summed E-state index contributed by atoms with van der Waals surface area (Å²) in [6, 6.07) is 0. The molecule has 2 N–H and O–H groups in total. The predicted molar refractivity (Wildman–Crippen MR) is 88.5 cm³/mol. The number of esters is 1. The Balaban J connectivity index is 3.26. The molecule has 1 aliphatic carbocycles. The fourth-order valence-electron chi connectivity index (χ4n) is 3.45. The summed E-state index contributed by atoms with van der Waals surface area (Å²) in [5.74, 6) is -5.12. The zero-order chi connectivity index (χ0) is 23.9. The molecule has 4 nitrogen and oxygen atoms in total. The molecule has 0 aliphatic heterocycles. The summed E-state index contributed by atoms with van der Waals surface area (Å²) in [5.41, 5.74) is -9.15. The second-order valence-electron chi connectivity index (χ2n) is 8.48. The maximum atomic E-state index is 13.3. The highest BCUT2D eigenvalue weighted by molar-refractivity contribution is 5.77. The summed E-state index contributed by atoms with van der Waals surface area (Å²) >= 11 is 0. The minimum atomic E-state index is -5.19. The minimum absolute atomic E-state index is 0.405. The molecule has 1 rings (SSSR count). The normalized spacial score (nSPS) is 29.6. The molecule has 6 unspecified atom stereocenters. The molecular formula is C18H26F8O4. The first-order valence-electron chi connectivity index (χ1n) is 9.29. The lowest BCUT2D eigenvalue weighted by atomic mass is 9.67. The molecule has 178 valence electrons. The van der Waals surface area contributed by atoms with Crippen LogP contribution in [-0.2, 0) is 9.53 Å². The van der Waals surface area contributed by atoms with E-state index in [2.05, 4.69) is 0 Å². The van der Waals surface area contributed by atoms with Crippen molar-refractivity contribution >= 4 is 5.97 Å². The monoisotopic (exact) mass is 458 g/mol. The van der Waals surface area contributed by atoms with Crippen molar-refractivity contribution in [3.05, 3.63) is 0 Å². The lowest BCUT2D eigenvalue weighted by molar-refractivity contribution is -0.283. The van der Waals surface area contributed by atoms with E-state index < -0.39 is 85.0 Å². The molecule has 0 saturated heterocycles. The van der Waals surface area contributed by atoms with Crippen molar-refractivity contribution in [2.24, 2.45) is 17.3 Å². The Labute approximate surface area is 168 Å². The van der Waals surface area contributed by atoms with Crippen LogP contribution in [0.5, 0.6) is 0 Å². The van der Waals surface area contributed by atoms with E-state index in [4.69, 9.17) is 4.74 Å². The van der Waals surface area contributed by atoms with Crippen LogP contribution in [0, 0.1) is 17.3 Å². The molecule has 0 radical (unpaired) electrons. The van der Waals surface area contributed by atoms with Gasteiger partial charge in [0.05, 0.1) is 0 Å².